The zero-order valence-electron chi connectivity index (χ0n) is 12.9. The number of aromatic nitrogens is 2. The fourth-order valence-corrected chi connectivity index (χ4v) is 1.82. The summed E-state index contributed by atoms with van der Waals surface area (Å²) in [4.78, 5) is 20.9. The summed E-state index contributed by atoms with van der Waals surface area (Å²) in [5.41, 5.74) is -0.266. The van der Waals surface area contributed by atoms with Crippen LogP contribution in [0.15, 0.2) is 66.8 Å². The topological polar surface area (TPSA) is 153 Å². The maximum absolute atomic E-state index is 10.4. The number of carboxylic acid groups (broad SMARTS) is 2. The molecule has 0 amide bonds. The lowest BCUT2D eigenvalue weighted by Gasteiger charge is -1.82. The first-order valence-electron chi connectivity index (χ1n) is 7.02. The van der Waals surface area contributed by atoms with Gasteiger partial charge in [-0.2, -0.15) is 0 Å². The van der Waals surface area contributed by atoms with Crippen LogP contribution in [-0.2, 0) is 0 Å². The predicted molar refractivity (Wildman–Crippen MR) is 82.3 cm³/mol. The number of carbonyl (C=O) groups is 2. The Bertz CT molecular complexity index is 913. The van der Waals surface area contributed by atoms with E-state index in [2.05, 4.69) is 10.3 Å². The summed E-state index contributed by atoms with van der Waals surface area (Å²) in [6, 6.07) is 9.29. The highest BCUT2D eigenvalue weighted by Crippen LogP contribution is 2.21. The Morgan fingerprint density at radius 2 is 1.15 bits per heavy atom. The minimum atomic E-state index is -1.12. The van der Waals surface area contributed by atoms with Gasteiger partial charge in [-0.25, -0.2) is 9.59 Å². The molecule has 0 spiro atoms. The third-order valence-corrected chi connectivity index (χ3v) is 2.99. The Balaban J connectivity index is 0.000000151. The van der Waals surface area contributed by atoms with E-state index in [9.17, 15) is 9.59 Å². The molecule has 26 heavy (non-hydrogen) atoms. The number of nitrogens with zero attached hydrogens (tertiary/aromatic N) is 2. The quantitative estimate of drug-likeness (QED) is 0.555. The zero-order chi connectivity index (χ0) is 18.5. The van der Waals surface area contributed by atoms with Crippen molar-refractivity contribution in [2.24, 2.45) is 0 Å². The van der Waals surface area contributed by atoms with Crippen molar-refractivity contribution in [3.8, 4) is 23.0 Å². The van der Waals surface area contributed by atoms with Crippen LogP contribution >= 0.6 is 0 Å². The predicted octanol–water partition coefficient (Wildman–Crippen LogP) is 3.27. The number of hydrogen-bond acceptors (Lipinski definition) is 8. The van der Waals surface area contributed by atoms with Gasteiger partial charge >= 0.3 is 11.9 Å². The Kier molecular flexibility index (Phi) is 4.65. The standard InChI is InChI=1S/2C8H5NO4/c2*10-8(11)5-4-7(13-9-5)6-2-1-3-12-6/h2*1-4H,(H,10,11). The monoisotopic (exact) mass is 358 g/mol. The van der Waals surface area contributed by atoms with Crippen LogP contribution in [0.4, 0.5) is 0 Å². The minimum absolute atomic E-state index is 0.133. The summed E-state index contributed by atoms with van der Waals surface area (Å²) in [6.45, 7) is 0. The molecule has 0 unspecified atom stereocenters. The van der Waals surface area contributed by atoms with E-state index in [1.807, 2.05) is 0 Å². The average molecular weight is 358 g/mol. The molecule has 4 aromatic rings. The van der Waals surface area contributed by atoms with Crippen LogP contribution in [0.5, 0.6) is 0 Å². The van der Waals surface area contributed by atoms with E-state index in [1.54, 1.807) is 24.3 Å². The van der Waals surface area contributed by atoms with Crippen molar-refractivity contribution in [1.82, 2.24) is 10.3 Å². The molecule has 0 saturated carbocycles. The summed E-state index contributed by atoms with van der Waals surface area (Å²) < 4.78 is 19.5. The number of carboxylic acids is 2. The SMILES string of the molecule is O=C(O)c1cc(-c2ccco2)on1.O=C(O)c1cc(-c2ccco2)on1. The van der Waals surface area contributed by atoms with Crippen molar-refractivity contribution >= 4 is 11.9 Å². The number of furan rings is 2. The highest BCUT2D eigenvalue weighted by atomic mass is 16.5. The Morgan fingerprint density at radius 3 is 1.42 bits per heavy atom. The van der Waals surface area contributed by atoms with E-state index in [1.165, 1.54) is 24.7 Å². The lowest BCUT2D eigenvalue weighted by Crippen LogP contribution is -1.94. The first kappa shape index (κ1) is 16.8. The van der Waals surface area contributed by atoms with Crippen molar-refractivity contribution in [2.75, 3.05) is 0 Å². The lowest BCUT2D eigenvalue weighted by molar-refractivity contribution is 0.0675. The molecule has 10 heteroatoms. The summed E-state index contributed by atoms with van der Waals surface area (Å²) in [5.74, 6) is -0.715. The Hall–Kier alpha value is -4.08. The van der Waals surface area contributed by atoms with Crippen molar-refractivity contribution in [3.05, 3.63) is 60.3 Å². The van der Waals surface area contributed by atoms with Gasteiger partial charge in [0.2, 0.25) is 11.5 Å². The number of aromatic carboxylic acids is 2. The van der Waals surface area contributed by atoms with Crippen LogP contribution < -0.4 is 0 Å². The van der Waals surface area contributed by atoms with Crippen molar-refractivity contribution in [1.29, 1.82) is 0 Å². The van der Waals surface area contributed by atoms with Gasteiger partial charge in [-0.3, -0.25) is 0 Å². The van der Waals surface area contributed by atoms with Crippen LogP contribution in [0.25, 0.3) is 23.0 Å². The molecule has 4 rings (SSSR count). The van der Waals surface area contributed by atoms with Gasteiger partial charge in [-0.05, 0) is 24.3 Å². The van der Waals surface area contributed by atoms with Crippen LogP contribution in [0, 0.1) is 0 Å². The summed E-state index contributed by atoms with van der Waals surface area (Å²) in [5, 5.41) is 23.8. The summed E-state index contributed by atoms with van der Waals surface area (Å²) >= 11 is 0. The molecule has 0 aliphatic carbocycles. The van der Waals surface area contributed by atoms with E-state index in [0.29, 0.717) is 23.0 Å². The number of hydrogen-bond donors (Lipinski definition) is 2. The van der Waals surface area contributed by atoms with Crippen LogP contribution in [0.3, 0.4) is 0 Å². The van der Waals surface area contributed by atoms with E-state index in [4.69, 9.17) is 28.1 Å². The van der Waals surface area contributed by atoms with Crippen molar-refractivity contribution < 1.29 is 37.7 Å². The van der Waals surface area contributed by atoms with Gasteiger partial charge in [0, 0.05) is 12.1 Å². The summed E-state index contributed by atoms with van der Waals surface area (Å²) in [7, 11) is 0. The fraction of sp³-hybridized carbons (Fsp3) is 0. The first-order valence-corrected chi connectivity index (χ1v) is 7.02. The molecule has 132 valence electrons. The van der Waals surface area contributed by atoms with E-state index >= 15 is 0 Å². The normalized spacial score (nSPS) is 10.2. The molecule has 2 N–H and O–H groups in total. The third-order valence-electron chi connectivity index (χ3n) is 2.99. The molecule has 0 saturated heterocycles. The minimum Gasteiger partial charge on any atom is -0.476 e. The zero-order valence-corrected chi connectivity index (χ0v) is 12.9. The van der Waals surface area contributed by atoms with Gasteiger partial charge in [-0.15, -0.1) is 0 Å². The second kappa shape index (κ2) is 7.21. The molecule has 10 nitrogen and oxygen atoms in total. The molecule has 0 aliphatic rings. The molecular formula is C16H10N2O8. The van der Waals surface area contributed by atoms with E-state index < -0.39 is 11.9 Å². The van der Waals surface area contributed by atoms with Crippen LogP contribution in [0.2, 0.25) is 0 Å². The van der Waals surface area contributed by atoms with Crippen molar-refractivity contribution in [2.45, 2.75) is 0 Å². The highest BCUT2D eigenvalue weighted by molar-refractivity contribution is 5.86. The van der Waals surface area contributed by atoms with Gasteiger partial charge in [0.1, 0.15) is 0 Å². The molecule has 4 aromatic heterocycles. The summed E-state index contributed by atoms with van der Waals surface area (Å²) in [6.07, 6.45) is 2.94. The highest BCUT2D eigenvalue weighted by Gasteiger charge is 2.14. The number of rotatable bonds is 4. The second-order valence-electron chi connectivity index (χ2n) is 4.72. The lowest BCUT2D eigenvalue weighted by atomic mass is 10.3. The van der Waals surface area contributed by atoms with Gasteiger partial charge in [-0.1, -0.05) is 10.3 Å². The van der Waals surface area contributed by atoms with E-state index in [0.717, 1.165) is 0 Å². The fourth-order valence-electron chi connectivity index (χ4n) is 1.82. The largest absolute Gasteiger partial charge is 0.476 e. The van der Waals surface area contributed by atoms with Crippen LogP contribution in [-0.4, -0.2) is 32.5 Å². The molecule has 0 bridgehead atoms. The smallest absolute Gasteiger partial charge is 0.358 e. The average Bonchev–Trinajstić information content (AvgIpc) is 3.44. The molecular weight excluding hydrogens is 348 g/mol. The Morgan fingerprint density at radius 1 is 0.731 bits per heavy atom. The van der Waals surface area contributed by atoms with Gasteiger partial charge < -0.3 is 28.1 Å². The maximum atomic E-state index is 10.4. The van der Waals surface area contributed by atoms with Gasteiger partial charge in [0.15, 0.2) is 22.9 Å². The molecule has 0 aromatic carbocycles. The molecule has 0 aliphatic heterocycles. The van der Waals surface area contributed by atoms with E-state index in [-0.39, 0.29) is 11.4 Å². The maximum Gasteiger partial charge on any atom is 0.358 e. The third kappa shape index (κ3) is 3.70. The molecule has 0 atom stereocenters. The van der Waals surface area contributed by atoms with Crippen molar-refractivity contribution in [3.63, 3.8) is 0 Å². The second-order valence-corrected chi connectivity index (χ2v) is 4.72. The molecule has 4 heterocycles. The molecule has 0 radical (unpaired) electrons. The van der Waals surface area contributed by atoms with Crippen LogP contribution in [0.1, 0.15) is 21.0 Å². The van der Waals surface area contributed by atoms with Gasteiger partial charge in [0.05, 0.1) is 12.5 Å². The molecule has 0 fully saturated rings. The first-order chi connectivity index (χ1) is 12.5. The van der Waals surface area contributed by atoms with Gasteiger partial charge in [0.25, 0.3) is 0 Å². The Labute approximate surface area is 144 Å².